The van der Waals surface area contributed by atoms with E-state index in [-0.39, 0.29) is 17.9 Å². The van der Waals surface area contributed by atoms with E-state index in [1.165, 1.54) is 0 Å². The molecule has 1 saturated heterocycles. The van der Waals surface area contributed by atoms with E-state index in [0.29, 0.717) is 13.0 Å². The van der Waals surface area contributed by atoms with Gasteiger partial charge in [-0.05, 0) is 33.6 Å². The average Bonchev–Trinajstić information content (AvgIpc) is 2.62. The summed E-state index contributed by atoms with van der Waals surface area (Å²) in [6, 6.07) is -0.369. The van der Waals surface area contributed by atoms with E-state index in [1.807, 2.05) is 27.7 Å². The number of rotatable bonds is 2. The first-order valence-electron chi connectivity index (χ1n) is 5.87. The molecule has 0 aromatic rings. The number of hydrogen-bond acceptors (Lipinski definition) is 3. The molecule has 0 spiro atoms. The summed E-state index contributed by atoms with van der Waals surface area (Å²) in [5, 5.41) is 0. The van der Waals surface area contributed by atoms with E-state index in [0.717, 1.165) is 12.8 Å². The minimum absolute atomic E-state index is 0.0355. The highest BCUT2D eigenvalue weighted by Crippen LogP contribution is 2.21. The molecule has 1 atom stereocenters. The Morgan fingerprint density at radius 2 is 2.00 bits per heavy atom. The molecule has 0 aromatic heterocycles. The SMILES string of the molecule is CCC(=O)N1CCC[C@@H]1C(=O)OC(C)(C)C. The normalized spacial score (nSPS) is 21.0. The third-order valence-corrected chi connectivity index (χ3v) is 2.55. The largest absolute Gasteiger partial charge is 0.458 e. The highest BCUT2D eigenvalue weighted by molar-refractivity contribution is 5.85. The Morgan fingerprint density at radius 3 is 2.50 bits per heavy atom. The zero-order valence-corrected chi connectivity index (χ0v) is 10.6. The molecule has 4 nitrogen and oxygen atoms in total. The molecule has 4 heteroatoms. The number of nitrogens with zero attached hydrogens (tertiary/aromatic N) is 1. The van der Waals surface area contributed by atoms with Gasteiger partial charge in [0, 0.05) is 13.0 Å². The lowest BCUT2D eigenvalue weighted by atomic mass is 10.1. The summed E-state index contributed by atoms with van der Waals surface area (Å²) in [6.45, 7) is 8.01. The smallest absolute Gasteiger partial charge is 0.329 e. The average molecular weight is 227 g/mol. The molecule has 0 bridgehead atoms. The summed E-state index contributed by atoms with van der Waals surface area (Å²) >= 11 is 0. The van der Waals surface area contributed by atoms with E-state index in [2.05, 4.69) is 0 Å². The second kappa shape index (κ2) is 4.85. The molecule has 1 fully saturated rings. The molecule has 1 aliphatic rings. The molecular formula is C12H21NO3. The number of esters is 1. The van der Waals surface area contributed by atoms with Gasteiger partial charge in [0.05, 0.1) is 0 Å². The maximum atomic E-state index is 11.9. The van der Waals surface area contributed by atoms with Gasteiger partial charge in [0.1, 0.15) is 11.6 Å². The van der Waals surface area contributed by atoms with Gasteiger partial charge in [0.25, 0.3) is 0 Å². The quantitative estimate of drug-likeness (QED) is 0.675. The lowest BCUT2D eigenvalue weighted by Crippen LogP contribution is -2.43. The molecule has 0 aromatic carbocycles. The molecule has 1 amide bonds. The van der Waals surface area contributed by atoms with Crippen LogP contribution in [0, 0.1) is 0 Å². The zero-order valence-electron chi connectivity index (χ0n) is 10.6. The van der Waals surface area contributed by atoms with Crippen LogP contribution in [-0.4, -0.2) is 35.0 Å². The Morgan fingerprint density at radius 1 is 1.38 bits per heavy atom. The van der Waals surface area contributed by atoms with E-state index < -0.39 is 5.60 Å². The Hall–Kier alpha value is -1.06. The van der Waals surface area contributed by atoms with Gasteiger partial charge in [-0.15, -0.1) is 0 Å². The monoisotopic (exact) mass is 227 g/mol. The van der Waals surface area contributed by atoms with Crippen molar-refractivity contribution in [1.29, 1.82) is 0 Å². The Labute approximate surface area is 96.9 Å². The standard InChI is InChI=1S/C12H21NO3/c1-5-10(14)13-8-6-7-9(13)11(15)16-12(2,3)4/h9H,5-8H2,1-4H3/t9-/m1/s1. The minimum atomic E-state index is -0.486. The molecule has 0 aliphatic carbocycles. The second-order valence-corrected chi connectivity index (χ2v) is 5.13. The predicted octanol–water partition coefficient (Wildman–Crippen LogP) is 1.73. The second-order valence-electron chi connectivity index (χ2n) is 5.13. The molecule has 92 valence electrons. The lowest BCUT2D eigenvalue weighted by Gasteiger charge is -2.27. The number of likely N-dealkylation sites (tertiary alicyclic amines) is 1. The van der Waals surface area contributed by atoms with Gasteiger partial charge in [0.15, 0.2) is 0 Å². The Balaban J connectivity index is 2.65. The van der Waals surface area contributed by atoms with Crippen molar-refractivity contribution in [2.24, 2.45) is 0 Å². The van der Waals surface area contributed by atoms with Gasteiger partial charge in [-0.25, -0.2) is 4.79 Å². The number of ether oxygens (including phenoxy) is 1. The summed E-state index contributed by atoms with van der Waals surface area (Å²) in [6.07, 6.45) is 2.05. The number of carbonyl (C=O) groups excluding carboxylic acids is 2. The molecular weight excluding hydrogens is 206 g/mol. The first kappa shape index (κ1) is 13.0. The van der Waals surface area contributed by atoms with Crippen molar-refractivity contribution in [2.75, 3.05) is 6.54 Å². The van der Waals surface area contributed by atoms with Gasteiger partial charge in [0.2, 0.25) is 5.91 Å². The van der Waals surface area contributed by atoms with Crippen molar-refractivity contribution >= 4 is 11.9 Å². The minimum Gasteiger partial charge on any atom is -0.458 e. The fourth-order valence-electron chi connectivity index (χ4n) is 1.88. The van der Waals surface area contributed by atoms with E-state index in [1.54, 1.807) is 4.90 Å². The highest BCUT2D eigenvalue weighted by Gasteiger charge is 2.35. The van der Waals surface area contributed by atoms with Gasteiger partial charge >= 0.3 is 5.97 Å². The van der Waals surface area contributed by atoms with Crippen LogP contribution in [0.1, 0.15) is 47.0 Å². The first-order chi connectivity index (χ1) is 7.35. The molecule has 16 heavy (non-hydrogen) atoms. The first-order valence-corrected chi connectivity index (χ1v) is 5.87. The lowest BCUT2D eigenvalue weighted by molar-refractivity contribution is -0.163. The van der Waals surface area contributed by atoms with Crippen LogP contribution < -0.4 is 0 Å². The van der Waals surface area contributed by atoms with Crippen molar-refractivity contribution in [3.63, 3.8) is 0 Å². The van der Waals surface area contributed by atoms with Crippen LogP contribution in [0.15, 0.2) is 0 Å². The van der Waals surface area contributed by atoms with Crippen molar-refractivity contribution in [2.45, 2.75) is 58.6 Å². The van der Waals surface area contributed by atoms with E-state index in [4.69, 9.17) is 4.74 Å². The molecule has 0 saturated carbocycles. The van der Waals surface area contributed by atoms with Gasteiger partial charge in [-0.2, -0.15) is 0 Å². The van der Waals surface area contributed by atoms with Crippen LogP contribution in [0.25, 0.3) is 0 Å². The van der Waals surface area contributed by atoms with Gasteiger partial charge in [-0.1, -0.05) is 6.92 Å². The van der Waals surface area contributed by atoms with E-state index in [9.17, 15) is 9.59 Å². The summed E-state index contributed by atoms with van der Waals surface area (Å²) in [5.74, 6) is -0.236. The maximum absolute atomic E-state index is 11.9. The summed E-state index contributed by atoms with van der Waals surface area (Å²) < 4.78 is 5.31. The van der Waals surface area contributed by atoms with Crippen LogP contribution >= 0.6 is 0 Å². The molecule has 1 heterocycles. The van der Waals surface area contributed by atoms with Crippen LogP contribution in [0.5, 0.6) is 0 Å². The van der Waals surface area contributed by atoms with Crippen molar-refractivity contribution < 1.29 is 14.3 Å². The van der Waals surface area contributed by atoms with Crippen LogP contribution in [0.2, 0.25) is 0 Å². The van der Waals surface area contributed by atoms with Crippen LogP contribution in [0.3, 0.4) is 0 Å². The summed E-state index contributed by atoms with van der Waals surface area (Å²) in [4.78, 5) is 25.1. The maximum Gasteiger partial charge on any atom is 0.329 e. The van der Waals surface area contributed by atoms with Crippen molar-refractivity contribution in [3.8, 4) is 0 Å². The number of amides is 1. The number of hydrogen-bond donors (Lipinski definition) is 0. The van der Waals surface area contributed by atoms with Crippen LogP contribution in [0.4, 0.5) is 0 Å². The van der Waals surface area contributed by atoms with Crippen molar-refractivity contribution in [1.82, 2.24) is 4.90 Å². The molecule has 1 rings (SSSR count). The molecule has 0 N–H and O–H groups in total. The topological polar surface area (TPSA) is 46.6 Å². The highest BCUT2D eigenvalue weighted by atomic mass is 16.6. The molecule has 0 radical (unpaired) electrons. The Bertz CT molecular complexity index is 280. The third-order valence-electron chi connectivity index (χ3n) is 2.55. The summed E-state index contributed by atoms with van der Waals surface area (Å²) in [5.41, 5.74) is -0.486. The van der Waals surface area contributed by atoms with Crippen LogP contribution in [-0.2, 0) is 14.3 Å². The van der Waals surface area contributed by atoms with Gasteiger partial charge in [-0.3, -0.25) is 4.79 Å². The number of carbonyl (C=O) groups is 2. The third kappa shape index (κ3) is 3.22. The zero-order chi connectivity index (χ0) is 12.3. The predicted molar refractivity (Wildman–Crippen MR) is 60.9 cm³/mol. The fraction of sp³-hybridized carbons (Fsp3) is 0.833. The Kier molecular flexibility index (Phi) is 3.94. The molecule has 0 unspecified atom stereocenters. The summed E-state index contributed by atoms with van der Waals surface area (Å²) in [7, 11) is 0. The van der Waals surface area contributed by atoms with Gasteiger partial charge < -0.3 is 9.64 Å². The fourth-order valence-corrected chi connectivity index (χ4v) is 1.88. The van der Waals surface area contributed by atoms with Crippen molar-refractivity contribution in [3.05, 3.63) is 0 Å². The van der Waals surface area contributed by atoms with E-state index >= 15 is 0 Å². The molecule has 1 aliphatic heterocycles.